The minimum absolute atomic E-state index is 0.0839. The molecule has 0 atom stereocenters. The van der Waals surface area contributed by atoms with E-state index in [-0.39, 0.29) is 18.9 Å². The van der Waals surface area contributed by atoms with Crippen molar-refractivity contribution in [3.8, 4) is 0 Å². The molecule has 1 aliphatic carbocycles. The molecule has 122 valence electrons. The average molecular weight is 337 g/mol. The molecular formula is C12H14F3N3O3S. The Hall–Kier alpha value is -1.84. The van der Waals surface area contributed by atoms with Crippen LogP contribution in [0.1, 0.15) is 30.9 Å². The lowest BCUT2D eigenvalue weighted by Gasteiger charge is -2.08. The highest BCUT2D eigenvalue weighted by Crippen LogP contribution is 2.40. The number of thiazole rings is 1. The van der Waals surface area contributed by atoms with Crippen LogP contribution in [-0.2, 0) is 9.53 Å². The first-order valence-electron chi connectivity index (χ1n) is 6.56. The number of nitrogens with one attached hydrogen (secondary N) is 2. The van der Waals surface area contributed by atoms with Crippen LogP contribution in [0.2, 0.25) is 0 Å². The van der Waals surface area contributed by atoms with E-state index in [0.29, 0.717) is 11.0 Å². The highest BCUT2D eigenvalue weighted by atomic mass is 32.1. The predicted octanol–water partition coefficient (Wildman–Crippen LogP) is 2.64. The smallest absolute Gasteiger partial charge is 0.422 e. The quantitative estimate of drug-likeness (QED) is 0.836. The highest BCUT2D eigenvalue weighted by molar-refractivity contribution is 7.13. The van der Waals surface area contributed by atoms with E-state index in [9.17, 15) is 22.8 Å². The Kier molecular flexibility index (Phi) is 5.22. The summed E-state index contributed by atoms with van der Waals surface area (Å²) in [4.78, 5) is 26.8. The number of rotatable bonds is 6. The third-order valence-corrected chi connectivity index (χ3v) is 3.53. The third kappa shape index (κ3) is 5.88. The van der Waals surface area contributed by atoms with Gasteiger partial charge in [-0.2, -0.15) is 13.2 Å². The Labute approximate surface area is 128 Å². The number of ether oxygens (including phenoxy) is 1. The normalized spacial score (nSPS) is 14.5. The molecule has 0 radical (unpaired) electrons. The molecule has 0 unspecified atom stereocenters. The number of hydrogen-bond donors (Lipinski definition) is 2. The number of alkyl carbamates (subject to hydrolysis) is 1. The van der Waals surface area contributed by atoms with Crippen LogP contribution < -0.4 is 10.6 Å². The average Bonchev–Trinajstić information content (AvgIpc) is 3.17. The van der Waals surface area contributed by atoms with Gasteiger partial charge in [-0.25, -0.2) is 9.78 Å². The second-order valence-corrected chi connectivity index (χ2v) is 5.63. The Bertz CT molecular complexity index is 543. The van der Waals surface area contributed by atoms with Gasteiger partial charge in [-0.05, 0) is 12.8 Å². The first kappa shape index (κ1) is 16.5. The lowest BCUT2D eigenvalue weighted by molar-refractivity contribution is -0.160. The molecule has 1 aromatic heterocycles. The molecule has 0 bridgehead atoms. The number of anilines is 1. The summed E-state index contributed by atoms with van der Waals surface area (Å²) in [5, 5.41) is 7.00. The molecule has 1 fully saturated rings. The molecule has 0 aromatic carbocycles. The van der Waals surface area contributed by atoms with Crippen molar-refractivity contribution in [2.45, 2.75) is 31.4 Å². The van der Waals surface area contributed by atoms with Gasteiger partial charge in [0.2, 0.25) is 5.91 Å². The fraction of sp³-hybridized carbons (Fsp3) is 0.583. The van der Waals surface area contributed by atoms with E-state index in [1.165, 1.54) is 11.3 Å². The van der Waals surface area contributed by atoms with E-state index >= 15 is 0 Å². The van der Waals surface area contributed by atoms with Gasteiger partial charge in [0.15, 0.2) is 11.7 Å². The van der Waals surface area contributed by atoms with Crippen LogP contribution in [0, 0.1) is 0 Å². The molecule has 2 amide bonds. The van der Waals surface area contributed by atoms with Crippen LogP contribution in [0.5, 0.6) is 0 Å². The van der Waals surface area contributed by atoms with Crippen LogP contribution in [0.3, 0.4) is 0 Å². The molecule has 0 aliphatic heterocycles. The van der Waals surface area contributed by atoms with Crippen molar-refractivity contribution in [3.05, 3.63) is 11.1 Å². The molecule has 0 spiro atoms. The number of carbonyl (C=O) groups excluding carboxylic acids is 2. The maximum absolute atomic E-state index is 11.8. The molecule has 22 heavy (non-hydrogen) atoms. The van der Waals surface area contributed by atoms with Crippen molar-refractivity contribution in [1.82, 2.24) is 10.3 Å². The summed E-state index contributed by atoms with van der Waals surface area (Å²) in [5.74, 6) is 0.111. The fourth-order valence-electron chi connectivity index (χ4n) is 1.57. The second-order valence-electron chi connectivity index (χ2n) is 4.77. The largest absolute Gasteiger partial charge is 0.440 e. The monoisotopic (exact) mass is 337 g/mol. The van der Waals surface area contributed by atoms with Gasteiger partial charge in [-0.15, -0.1) is 11.3 Å². The van der Waals surface area contributed by atoms with Gasteiger partial charge >= 0.3 is 12.3 Å². The first-order valence-corrected chi connectivity index (χ1v) is 7.44. The Balaban J connectivity index is 1.61. The molecule has 2 rings (SSSR count). The molecule has 1 aromatic rings. The predicted molar refractivity (Wildman–Crippen MR) is 72.7 cm³/mol. The summed E-state index contributed by atoms with van der Waals surface area (Å²) < 4.78 is 39.3. The minimum atomic E-state index is -4.57. The number of aromatic nitrogens is 1. The Morgan fingerprint density at radius 2 is 2.14 bits per heavy atom. The summed E-state index contributed by atoms with van der Waals surface area (Å²) in [6.45, 7) is -1.78. The minimum Gasteiger partial charge on any atom is -0.440 e. The number of halogens is 3. The molecule has 2 N–H and O–H groups in total. The number of hydrogen-bond acceptors (Lipinski definition) is 5. The molecule has 10 heteroatoms. The number of carbonyl (C=O) groups is 2. The van der Waals surface area contributed by atoms with Gasteiger partial charge in [-0.3, -0.25) is 4.79 Å². The van der Waals surface area contributed by atoms with Crippen LogP contribution in [0.4, 0.5) is 23.1 Å². The van der Waals surface area contributed by atoms with Crippen molar-refractivity contribution in [3.63, 3.8) is 0 Å². The van der Waals surface area contributed by atoms with Gasteiger partial charge in [0.1, 0.15) is 0 Å². The topological polar surface area (TPSA) is 80.3 Å². The SMILES string of the molecule is O=C(CCNC(=O)OCC(F)(F)F)Nc1nc(C2CC2)cs1. The van der Waals surface area contributed by atoms with E-state index < -0.39 is 18.9 Å². The molecule has 6 nitrogen and oxygen atoms in total. The zero-order valence-corrected chi connectivity index (χ0v) is 12.2. The molecule has 0 saturated heterocycles. The summed E-state index contributed by atoms with van der Waals surface area (Å²) in [6.07, 6.45) is -3.64. The molecule has 1 saturated carbocycles. The van der Waals surface area contributed by atoms with Crippen molar-refractivity contribution < 1.29 is 27.5 Å². The Morgan fingerprint density at radius 3 is 2.77 bits per heavy atom. The van der Waals surface area contributed by atoms with E-state index in [4.69, 9.17) is 0 Å². The molecule has 1 heterocycles. The summed E-state index contributed by atoms with van der Waals surface area (Å²) in [7, 11) is 0. The van der Waals surface area contributed by atoms with Crippen molar-refractivity contribution in [2.75, 3.05) is 18.5 Å². The van der Waals surface area contributed by atoms with Crippen LogP contribution in [0.25, 0.3) is 0 Å². The first-order chi connectivity index (χ1) is 10.3. The molecular weight excluding hydrogens is 323 g/mol. The van der Waals surface area contributed by atoms with Gasteiger partial charge in [0.25, 0.3) is 0 Å². The van der Waals surface area contributed by atoms with Crippen molar-refractivity contribution in [1.29, 1.82) is 0 Å². The zero-order chi connectivity index (χ0) is 16.2. The van der Waals surface area contributed by atoms with Gasteiger partial charge in [-0.1, -0.05) is 0 Å². The lowest BCUT2D eigenvalue weighted by atomic mass is 10.3. The van der Waals surface area contributed by atoms with E-state index in [0.717, 1.165) is 18.5 Å². The van der Waals surface area contributed by atoms with Crippen molar-refractivity contribution in [2.24, 2.45) is 0 Å². The van der Waals surface area contributed by atoms with Gasteiger partial charge < -0.3 is 15.4 Å². The number of alkyl halides is 3. The van der Waals surface area contributed by atoms with Crippen molar-refractivity contribution >= 4 is 28.5 Å². The zero-order valence-electron chi connectivity index (χ0n) is 11.4. The van der Waals surface area contributed by atoms with E-state index in [2.05, 4.69) is 20.4 Å². The Morgan fingerprint density at radius 1 is 1.41 bits per heavy atom. The number of amides is 2. The van der Waals surface area contributed by atoms with Gasteiger partial charge in [0.05, 0.1) is 5.69 Å². The van der Waals surface area contributed by atoms with Gasteiger partial charge in [0, 0.05) is 24.3 Å². The van der Waals surface area contributed by atoms with Crippen LogP contribution in [-0.4, -0.2) is 36.3 Å². The summed E-state index contributed by atoms with van der Waals surface area (Å²) >= 11 is 1.32. The summed E-state index contributed by atoms with van der Waals surface area (Å²) in [6, 6.07) is 0. The standard InChI is InChI=1S/C12H14F3N3O3S/c13-12(14,15)6-21-11(20)16-4-3-9(19)18-10-17-8(5-22-10)7-1-2-7/h5,7H,1-4,6H2,(H,16,20)(H,17,18,19). The van der Waals surface area contributed by atoms with Crippen LogP contribution in [0.15, 0.2) is 5.38 Å². The third-order valence-electron chi connectivity index (χ3n) is 2.75. The summed E-state index contributed by atoms with van der Waals surface area (Å²) in [5.41, 5.74) is 0.967. The maximum Gasteiger partial charge on any atom is 0.422 e. The second kappa shape index (κ2) is 6.95. The fourth-order valence-corrected chi connectivity index (χ4v) is 2.38. The lowest BCUT2D eigenvalue weighted by Crippen LogP contribution is -2.31. The number of nitrogens with zero attached hydrogens (tertiary/aromatic N) is 1. The van der Waals surface area contributed by atoms with E-state index in [1.54, 1.807) is 0 Å². The van der Waals surface area contributed by atoms with Crippen LogP contribution >= 0.6 is 11.3 Å². The molecule has 1 aliphatic rings. The van der Waals surface area contributed by atoms with E-state index in [1.807, 2.05) is 5.38 Å². The maximum atomic E-state index is 11.8. The highest BCUT2D eigenvalue weighted by Gasteiger charge is 2.29.